The summed E-state index contributed by atoms with van der Waals surface area (Å²) in [4.78, 5) is 0. The van der Waals surface area contributed by atoms with Gasteiger partial charge in [0.05, 0.1) is 11.6 Å². The van der Waals surface area contributed by atoms with Crippen molar-refractivity contribution in [2.24, 2.45) is 0 Å². The van der Waals surface area contributed by atoms with Crippen molar-refractivity contribution in [3.63, 3.8) is 0 Å². The van der Waals surface area contributed by atoms with Crippen LogP contribution in [0.2, 0.25) is 0 Å². The van der Waals surface area contributed by atoms with Gasteiger partial charge in [-0.05, 0) is 5.56 Å². The largest absolute Gasteiger partial charge is 1.00 e. The topological polar surface area (TPSA) is 0 Å². The summed E-state index contributed by atoms with van der Waals surface area (Å²) in [6.45, 7) is 0. The maximum atomic E-state index is 12.4. The van der Waals surface area contributed by atoms with E-state index in [1.807, 2.05) is 0 Å². The van der Waals surface area contributed by atoms with E-state index in [1.54, 1.807) is 0 Å². The van der Waals surface area contributed by atoms with Gasteiger partial charge in [0.15, 0.2) is 12.2 Å². The van der Waals surface area contributed by atoms with Crippen LogP contribution in [0.1, 0.15) is 5.56 Å². The van der Waals surface area contributed by atoms with Crippen LogP contribution < -0.4 is 0 Å². The van der Waals surface area contributed by atoms with Gasteiger partial charge in [0.1, 0.15) is 11.6 Å². The molecule has 0 radical (unpaired) electrons. The normalized spacial score (nSPS) is 9.80. The fourth-order valence-corrected chi connectivity index (χ4v) is 0.771. The molecule has 0 nitrogen and oxygen atoms in total. The first-order chi connectivity index (χ1) is 6.37. The van der Waals surface area contributed by atoms with Gasteiger partial charge in [-0.3, -0.25) is 17.6 Å². The molecule has 0 heterocycles. The van der Waals surface area contributed by atoms with Crippen molar-refractivity contribution in [2.45, 2.75) is 0 Å². The zero-order chi connectivity index (χ0) is 11.0. The molecule has 0 aliphatic heterocycles. The molecular weight excluding hydrogens is 281 g/mol. The smallest absolute Gasteiger partial charge is 0.280 e. The Morgan fingerprint density at radius 2 is 0.867 bits per heavy atom. The van der Waals surface area contributed by atoms with Crippen molar-refractivity contribution in [1.29, 1.82) is 0 Å². The summed E-state index contributed by atoms with van der Waals surface area (Å²) < 4.78 is 85.2. The minimum Gasteiger partial charge on any atom is -0.280 e. The number of hydrogen-bond acceptors (Lipinski definition) is 0. The molecule has 0 saturated carbocycles. The predicted octanol–water partition coefficient (Wildman–Crippen LogP) is 3.16. The van der Waals surface area contributed by atoms with E-state index in [-0.39, 0.29) is 17.1 Å². The Morgan fingerprint density at radius 3 is 1.13 bits per heavy atom. The monoisotopic (exact) mass is 280 g/mol. The summed E-state index contributed by atoms with van der Waals surface area (Å²) in [7, 11) is 0. The molecule has 0 aromatic heterocycles. The summed E-state index contributed by atoms with van der Waals surface area (Å²) in [6, 6.07) is 0. The molecule has 1 rings (SSSR count). The second-order valence-corrected chi connectivity index (χ2v) is 2.21. The molecule has 0 fully saturated rings. The fraction of sp³-hybridized carbons (Fsp3) is 0. The molecule has 8 heteroatoms. The second kappa shape index (κ2) is 4.76. The number of hydrogen-bond donors (Lipinski definition) is 0. The summed E-state index contributed by atoms with van der Waals surface area (Å²) >= 11 is 0. The van der Waals surface area contributed by atoms with Crippen LogP contribution >= 0.6 is 0 Å². The van der Waals surface area contributed by atoms with E-state index in [0.29, 0.717) is 0 Å². The minimum absolute atomic E-state index is 0. The van der Waals surface area contributed by atoms with Gasteiger partial charge in [-0.2, -0.15) is 0 Å². The van der Waals surface area contributed by atoms with Crippen LogP contribution in [0.3, 0.4) is 0 Å². The molecule has 0 spiro atoms. The molecule has 1 aromatic carbocycles. The average Bonchev–Trinajstić information content (AvgIpc) is 2.11. The van der Waals surface area contributed by atoms with E-state index in [1.165, 1.54) is 0 Å². The molecule has 0 bridgehead atoms. The summed E-state index contributed by atoms with van der Waals surface area (Å²) in [6.07, 6.45) is -2.97. The van der Waals surface area contributed by atoms with Crippen LogP contribution in [-0.2, 0) is 17.1 Å². The molecule has 1 aromatic rings. The standard InChI is InChI=1S/C7F7.Cu/c8-2-1(7(13)14)3(9)5(11)6(12)4(2)10;/q-1;+1. The maximum Gasteiger partial charge on any atom is 1.00 e. The third-order valence-electron chi connectivity index (χ3n) is 1.40. The number of benzene rings is 1. The molecule has 0 unspecified atom stereocenters. The van der Waals surface area contributed by atoms with Gasteiger partial charge in [-0.1, -0.05) is 0 Å². The fourth-order valence-electron chi connectivity index (χ4n) is 0.771. The Labute approximate surface area is 89.6 Å². The molecule has 0 aliphatic rings. The molecular formula is C7CuF7. The third-order valence-corrected chi connectivity index (χ3v) is 1.40. The van der Waals surface area contributed by atoms with Gasteiger partial charge >= 0.3 is 17.1 Å². The van der Waals surface area contributed by atoms with Crippen LogP contribution in [0, 0.1) is 35.5 Å². The molecule has 15 heavy (non-hydrogen) atoms. The van der Waals surface area contributed by atoms with E-state index in [0.717, 1.165) is 0 Å². The molecule has 0 atom stereocenters. The zero-order valence-corrected chi connectivity index (χ0v) is 7.39. The number of halogens is 7. The molecule has 0 N–H and O–H groups in total. The van der Waals surface area contributed by atoms with Crippen LogP contribution in [0.4, 0.5) is 30.7 Å². The van der Waals surface area contributed by atoms with Gasteiger partial charge in [0, 0.05) is 0 Å². The van der Waals surface area contributed by atoms with Gasteiger partial charge in [-0.25, -0.2) is 13.2 Å². The van der Waals surface area contributed by atoms with Gasteiger partial charge < -0.3 is 0 Å². The summed E-state index contributed by atoms with van der Waals surface area (Å²) in [5, 5.41) is 0. The molecule has 0 amide bonds. The molecule has 88 valence electrons. The first kappa shape index (κ1) is 14.1. The van der Waals surface area contributed by atoms with Crippen LogP contribution in [0.15, 0.2) is 0 Å². The van der Waals surface area contributed by atoms with Crippen molar-refractivity contribution >= 4 is 0 Å². The van der Waals surface area contributed by atoms with E-state index < -0.39 is 41.1 Å². The van der Waals surface area contributed by atoms with E-state index in [4.69, 9.17) is 0 Å². The quantitative estimate of drug-likeness (QED) is 0.244. The van der Waals surface area contributed by atoms with Crippen LogP contribution in [0.25, 0.3) is 0 Å². The average molecular weight is 281 g/mol. The van der Waals surface area contributed by atoms with E-state index in [2.05, 4.69) is 0 Å². The van der Waals surface area contributed by atoms with Crippen LogP contribution in [-0.4, -0.2) is 0 Å². The van der Waals surface area contributed by atoms with Crippen molar-refractivity contribution in [3.8, 4) is 0 Å². The Balaban J connectivity index is 0.00000196. The van der Waals surface area contributed by atoms with E-state index in [9.17, 15) is 30.7 Å². The molecule has 0 saturated heterocycles. The van der Waals surface area contributed by atoms with Crippen molar-refractivity contribution in [1.82, 2.24) is 0 Å². The van der Waals surface area contributed by atoms with Gasteiger partial charge in [-0.15, -0.1) is 0 Å². The van der Waals surface area contributed by atoms with Gasteiger partial charge in [0.2, 0.25) is 0 Å². The first-order valence-corrected chi connectivity index (χ1v) is 3.07. The van der Waals surface area contributed by atoms with Crippen molar-refractivity contribution < 1.29 is 47.8 Å². The number of rotatable bonds is 1. The Kier molecular flexibility index (Phi) is 4.48. The molecule has 0 aliphatic carbocycles. The summed E-state index contributed by atoms with van der Waals surface area (Å²) in [5.74, 6) is -12.3. The zero-order valence-electron chi connectivity index (χ0n) is 6.45. The Hall–Kier alpha value is -0.881. The Bertz CT molecular complexity index is 347. The Morgan fingerprint density at radius 1 is 0.600 bits per heavy atom. The minimum atomic E-state index is -2.97. The predicted molar refractivity (Wildman–Crippen MR) is 30.8 cm³/mol. The van der Waals surface area contributed by atoms with Crippen molar-refractivity contribution in [2.75, 3.05) is 0 Å². The first-order valence-electron chi connectivity index (χ1n) is 3.07. The maximum absolute atomic E-state index is 12.4. The van der Waals surface area contributed by atoms with Crippen molar-refractivity contribution in [3.05, 3.63) is 41.1 Å². The summed E-state index contributed by atoms with van der Waals surface area (Å²) in [5.41, 5.74) is -2.19. The van der Waals surface area contributed by atoms with E-state index >= 15 is 0 Å². The third kappa shape index (κ3) is 2.21. The SMILES string of the molecule is Fc1c(F)c(F)c([C-](F)F)c(F)c1F.[Cu+]. The van der Waals surface area contributed by atoms with Gasteiger partial charge in [0.25, 0.3) is 0 Å². The van der Waals surface area contributed by atoms with Crippen LogP contribution in [0.5, 0.6) is 0 Å². The second-order valence-electron chi connectivity index (χ2n) is 2.21.